The van der Waals surface area contributed by atoms with Crippen molar-refractivity contribution in [3.63, 3.8) is 0 Å². The highest BCUT2D eigenvalue weighted by molar-refractivity contribution is 7.99. The summed E-state index contributed by atoms with van der Waals surface area (Å²) in [4.78, 5) is 28.3. The molecule has 2 heterocycles. The average Bonchev–Trinajstić information content (AvgIpc) is 2.97. The molecule has 6 nitrogen and oxygen atoms in total. The summed E-state index contributed by atoms with van der Waals surface area (Å²) in [6.07, 6.45) is 1.77. The van der Waals surface area contributed by atoms with E-state index in [2.05, 4.69) is 10.3 Å². The number of carbonyl (C=O) groups is 1. The standard InChI is InChI=1S/C16H17N3O3S/c1-22-13-5-3-2-4-11(13)9-18-14(20)8-12-10-23-16-17-7-6-15(21)19(12)16/h2-7,12H,8-10H2,1H3,(H,18,20)/t12-/m1/s1. The average molecular weight is 331 g/mol. The normalized spacial score (nSPS) is 16.0. The first-order valence-electron chi connectivity index (χ1n) is 7.28. The van der Waals surface area contributed by atoms with E-state index in [-0.39, 0.29) is 23.9 Å². The first kappa shape index (κ1) is 15.6. The Hall–Kier alpha value is -2.28. The van der Waals surface area contributed by atoms with Crippen LogP contribution in [0.25, 0.3) is 0 Å². The number of thioether (sulfide) groups is 1. The van der Waals surface area contributed by atoms with E-state index in [1.807, 2.05) is 24.3 Å². The zero-order valence-corrected chi connectivity index (χ0v) is 13.5. The van der Waals surface area contributed by atoms with Crippen LogP contribution in [0.4, 0.5) is 0 Å². The van der Waals surface area contributed by atoms with Crippen LogP contribution in [0.1, 0.15) is 18.0 Å². The highest BCUT2D eigenvalue weighted by atomic mass is 32.2. The van der Waals surface area contributed by atoms with Gasteiger partial charge in [0.15, 0.2) is 5.16 Å². The Bertz CT molecular complexity index is 775. The highest BCUT2D eigenvalue weighted by Crippen LogP contribution is 2.31. The van der Waals surface area contributed by atoms with E-state index in [1.54, 1.807) is 11.7 Å². The molecule has 23 heavy (non-hydrogen) atoms. The Morgan fingerprint density at radius 2 is 2.26 bits per heavy atom. The third-order valence-electron chi connectivity index (χ3n) is 3.71. The fourth-order valence-corrected chi connectivity index (χ4v) is 3.69. The van der Waals surface area contributed by atoms with Gasteiger partial charge in [-0.1, -0.05) is 30.0 Å². The van der Waals surface area contributed by atoms with Gasteiger partial charge in [-0.15, -0.1) is 0 Å². The van der Waals surface area contributed by atoms with Crippen LogP contribution in [0, 0.1) is 0 Å². The van der Waals surface area contributed by atoms with Crippen LogP contribution in [0.2, 0.25) is 0 Å². The molecule has 3 rings (SSSR count). The molecule has 0 spiro atoms. The number of ether oxygens (including phenoxy) is 1. The Morgan fingerprint density at radius 1 is 1.43 bits per heavy atom. The first-order chi connectivity index (χ1) is 11.2. The lowest BCUT2D eigenvalue weighted by Gasteiger charge is -2.13. The second kappa shape index (κ2) is 6.87. The third kappa shape index (κ3) is 3.39. The van der Waals surface area contributed by atoms with Crippen molar-refractivity contribution >= 4 is 17.7 Å². The molecule has 0 fully saturated rings. The van der Waals surface area contributed by atoms with E-state index in [9.17, 15) is 9.59 Å². The SMILES string of the molecule is COc1ccccc1CNC(=O)C[C@@H]1CSc2nccc(=O)n21. The molecule has 1 aliphatic rings. The van der Waals surface area contributed by atoms with Gasteiger partial charge in [-0.05, 0) is 6.07 Å². The van der Waals surface area contributed by atoms with E-state index < -0.39 is 0 Å². The summed E-state index contributed by atoms with van der Waals surface area (Å²) in [5.74, 6) is 1.34. The van der Waals surface area contributed by atoms with Crippen molar-refractivity contribution in [1.82, 2.24) is 14.9 Å². The van der Waals surface area contributed by atoms with Crippen molar-refractivity contribution in [3.05, 3.63) is 52.4 Å². The number of rotatable bonds is 5. The molecular formula is C16H17N3O3S. The van der Waals surface area contributed by atoms with Gasteiger partial charge in [-0.25, -0.2) is 4.98 Å². The van der Waals surface area contributed by atoms with E-state index in [4.69, 9.17) is 4.74 Å². The maximum Gasteiger partial charge on any atom is 0.254 e. The fraction of sp³-hybridized carbons (Fsp3) is 0.312. The first-order valence-corrected chi connectivity index (χ1v) is 8.26. The minimum Gasteiger partial charge on any atom is -0.496 e. The number of benzene rings is 1. The van der Waals surface area contributed by atoms with Crippen LogP contribution in [0.15, 0.2) is 46.5 Å². The molecule has 0 saturated heterocycles. The molecule has 120 valence electrons. The van der Waals surface area contributed by atoms with Gasteiger partial charge in [-0.2, -0.15) is 0 Å². The molecule has 1 aliphatic heterocycles. The molecular weight excluding hydrogens is 314 g/mol. The zero-order chi connectivity index (χ0) is 16.2. The highest BCUT2D eigenvalue weighted by Gasteiger charge is 2.26. The number of nitrogens with zero attached hydrogens (tertiary/aromatic N) is 2. The molecule has 1 amide bonds. The summed E-state index contributed by atoms with van der Waals surface area (Å²) >= 11 is 1.50. The number of para-hydroxylation sites is 1. The maximum atomic E-state index is 12.2. The van der Waals surface area contributed by atoms with Gasteiger partial charge in [0.05, 0.1) is 13.2 Å². The molecule has 0 unspecified atom stereocenters. The van der Waals surface area contributed by atoms with Crippen LogP contribution in [0.5, 0.6) is 5.75 Å². The van der Waals surface area contributed by atoms with Crippen LogP contribution in [-0.4, -0.2) is 28.3 Å². The van der Waals surface area contributed by atoms with Crippen molar-refractivity contribution in [2.75, 3.05) is 12.9 Å². The van der Waals surface area contributed by atoms with Gasteiger partial charge in [-0.3, -0.25) is 14.2 Å². The molecule has 0 radical (unpaired) electrons. The molecule has 1 aromatic heterocycles. The smallest absolute Gasteiger partial charge is 0.254 e. The van der Waals surface area contributed by atoms with Gasteiger partial charge in [0, 0.05) is 36.5 Å². The van der Waals surface area contributed by atoms with E-state index in [0.717, 1.165) is 11.3 Å². The number of fused-ring (bicyclic) bond motifs is 1. The topological polar surface area (TPSA) is 73.2 Å². The number of methoxy groups -OCH3 is 1. The minimum absolute atomic E-state index is 0.0925. The Labute approximate surface area is 137 Å². The number of carbonyl (C=O) groups excluding carboxylic acids is 1. The van der Waals surface area contributed by atoms with Crippen molar-refractivity contribution in [3.8, 4) is 5.75 Å². The number of amides is 1. The number of nitrogens with one attached hydrogen (secondary N) is 1. The molecule has 1 atom stereocenters. The van der Waals surface area contributed by atoms with Crippen molar-refractivity contribution in [2.45, 2.75) is 24.2 Å². The van der Waals surface area contributed by atoms with Gasteiger partial charge in [0.1, 0.15) is 5.75 Å². The van der Waals surface area contributed by atoms with E-state index in [0.29, 0.717) is 17.5 Å². The summed E-state index contributed by atoms with van der Waals surface area (Å²) < 4.78 is 6.87. The number of hydrogen-bond acceptors (Lipinski definition) is 5. The predicted molar refractivity (Wildman–Crippen MR) is 87.7 cm³/mol. The summed E-state index contributed by atoms with van der Waals surface area (Å²) in [6, 6.07) is 8.84. The van der Waals surface area contributed by atoms with Crippen molar-refractivity contribution in [2.24, 2.45) is 0 Å². The Balaban J connectivity index is 1.62. The van der Waals surface area contributed by atoms with Gasteiger partial charge < -0.3 is 10.1 Å². The Kier molecular flexibility index (Phi) is 4.66. The number of aromatic nitrogens is 2. The molecule has 1 N–H and O–H groups in total. The number of hydrogen-bond donors (Lipinski definition) is 1. The second-order valence-electron chi connectivity index (χ2n) is 5.19. The summed E-state index contributed by atoms with van der Waals surface area (Å²) in [5.41, 5.74) is 0.811. The van der Waals surface area contributed by atoms with Gasteiger partial charge >= 0.3 is 0 Å². The van der Waals surface area contributed by atoms with Gasteiger partial charge in [0.2, 0.25) is 5.91 Å². The zero-order valence-electron chi connectivity index (χ0n) is 12.7. The Morgan fingerprint density at radius 3 is 3.09 bits per heavy atom. The van der Waals surface area contributed by atoms with Crippen LogP contribution in [0.3, 0.4) is 0 Å². The molecule has 1 aromatic carbocycles. The van der Waals surface area contributed by atoms with E-state index >= 15 is 0 Å². The monoisotopic (exact) mass is 331 g/mol. The summed E-state index contributed by atoms with van der Waals surface area (Å²) in [7, 11) is 1.60. The molecule has 7 heteroatoms. The van der Waals surface area contributed by atoms with Crippen LogP contribution < -0.4 is 15.6 Å². The van der Waals surface area contributed by atoms with Crippen molar-refractivity contribution < 1.29 is 9.53 Å². The van der Waals surface area contributed by atoms with Crippen molar-refractivity contribution in [1.29, 1.82) is 0 Å². The fourth-order valence-electron chi connectivity index (χ4n) is 2.57. The minimum atomic E-state index is -0.145. The lowest BCUT2D eigenvalue weighted by molar-refractivity contribution is -0.121. The molecule has 0 saturated carbocycles. The molecule has 0 aliphatic carbocycles. The summed E-state index contributed by atoms with van der Waals surface area (Å²) in [6.45, 7) is 0.400. The lowest BCUT2D eigenvalue weighted by Crippen LogP contribution is -2.30. The second-order valence-corrected chi connectivity index (χ2v) is 6.18. The molecule has 0 bridgehead atoms. The quantitative estimate of drug-likeness (QED) is 0.843. The van der Waals surface area contributed by atoms with Crippen LogP contribution >= 0.6 is 11.8 Å². The largest absolute Gasteiger partial charge is 0.496 e. The lowest BCUT2D eigenvalue weighted by atomic mass is 10.2. The van der Waals surface area contributed by atoms with Crippen LogP contribution in [-0.2, 0) is 11.3 Å². The predicted octanol–water partition coefficient (Wildman–Crippen LogP) is 1.61. The summed E-state index contributed by atoms with van der Waals surface area (Å²) in [5, 5.41) is 3.57. The maximum absolute atomic E-state index is 12.2. The molecule has 2 aromatic rings. The third-order valence-corrected chi connectivity index (χ3v) is 4.82. The van der Waals surface area contributed by atoms with Gasteiger partial charge in [0.25, 0.3) is 5.56 Å². The van der Waals surface area contributed by atoms with E-state index in [1.165, 1.54) is 24.0 Å².